The summed E-state index contributed by atoms with van der Waals surface area (Å²) in [4.78, 5) is 26.7. The number of nitrogens with one attached hydrogen (secondary N) is 1. The van der Waals surface area contributed by atoms with Crippen LogP contribution in [0.4, 0.5) is 15.4 Å². The minimum atomic E-state index is -0.651. The van der Waals surface area contributed by atoms with Crippen LogP contribution in [0.25, 0.3) is 5.69 Å². The van der Waals surface area contributed by atoms with E-state index < -0.39 is 11.7 Å². The summed E-state index contributed by atoms with van der Waals surface area (Å²) >= 11 is 0. The van der Waals surface area contributed by atoms with E-state index in [-0.39, 0.29) is 18.8 Å². The third-order valence-corrected chi connectivity index (χ3v) is 5.45. The van der Waals surface area contributed by atoms with E-state index in [9.17, 15) is 9.59 Å². The predicted molar refractivity (Wildman–Crippen MR) is 137 cm³/mol. The fraction of sp³-hybridized carbons (Fsp3) is 0.370. The molecule has 0 aliphatic carbocycles. The van der Waals surface area contributed by atoms with Gasteiger partial charge < -0.3 is 23.8 Å². The van der Waals surface area contributed by atoms with Crippen LogP contribution < -0.4 is 14.8 Å². The zero-order valence-electron chi connectivity index (χ0n) is 21.5. The Bertz CT molecular complexity index is 1210. The molecule has 3 aromatic rings. The van der Waals surface area contributed by atoms with Crippen LogP contribution in [0.5, 0.6) is 11.6 Å². The zero-order chi connectivity index (χ0) is 26.4. The number of ether oxygens (including phenoxy) is 4. The van der Waals surface area contributed by atoms with E-state index >= 15 is 0 Å². The minimum absolute atomic E-state index is 0.167. The molecule has 1 saturated heterocycles. The average Bonchev–Trinajstić information content (AvgIpc) is 3.18. The highest BCUT2D eigenvalue weighted by Crippen LogP contribution is 2.29. The van der Waals surface area contributed by atoms with Gasteiger partial charge in [-0.25, -0.2) is 14.3 Å². The number of anilines is 1. The predicted octanol–water partition coefficient (Wildman–Crippen LogP) is 4.81. The Labute approximate surface area is 216 Å². The second-order valence-corrected chi connectivity index (χ2v) is 9.58. The molecule has 2 amide bonds. The lowest BCUT2D eigenvalue weighted by atomic mass is 10.2. The summed E-state index contributed by atoms with van der Waals surface area (Å²) < 4.78 is 24.3. The number of nitrogens with zero attached hydrogens (tertiary/aromatic N) is 3. The van der Waals surface area contributed by atoms with Gasteiger partial charge in [-0.3, -0.25) is 5.32 Å². The molecule has 1 N–H and O–H groups in total. The molecule has 1 unspecified atom stereocenters. The van der Waals surface area contributed by atoms with Crippen molar-refractivity contribution in [1.82, 2.24) is 14.7 Å². The highest BCUT2D eigenvalue weighted by atomic mass is 16.6. The lowest BCUT2D eigenvalue weighted by Gasteiger charge is -2.34. The average molecular weight is 509 g/mol. The number of amides is 2. The van der Waals surface area contributed by atoms with Crippen LogP contribution in [-0.4, -0.2) is 64.9 Å². The molecule has 1 aliphatic rings. The fourth-order valence-electron chi connectivity index (χ4n) is 3.72. The molecule has 196 valence electrons. The molecule has 0 radical (unpaired) electrons. The van der Waals surface area contributed by atoms with E-state index in [1.165, 1.54) is 0 Å². The number of carbonyl (C=O) groups is 2. The summed E-state index contributed by atoms with van der Waals surface area (Å²) in [7, 11) is 0. The number of carbonyl (C=O) groups excluding carboxylic acids is 2. The smallest absolute Gasteiger partial charge is 0.418 e. The number of hydrogen-bond acceptors (Lipinski definition) is 7. The van der Waals surface area contributed by atoms with Gasteiger partial charge in [-0.05, 0) is 52.0 Å². The Morgan fingerprint density at radius 3 is 2.43 bits per heavy atom. The Kier molecular flexibility index (Phi) is 7.98. The maximum Gasteiger partial charge on any atom is 0.418 e. The van der Waals surface area contributed by atoms with Crippen LogP contribution in [-0.2, 0) is 9.47 Å². The molecule has 37 heavy (non-hydrogen) atoms. The molecule has 4 rings (SSSR count). The number of hydrogen-bond donors (Lipinski definition) is 1. The monoisotopic (exact) mass is 508 g/mol. The summed E-state index contributed by atoms with van der Waals surface area (Å²) in [5.74, 6) is 1.17. The molecule has 0 spiro atoms. The Morgan fingerprint density at radius 2 is 1.76 bits per heavy atom. The second kappa shape index (κ2) is 11.3. The van der Waals surface area contributed by atoms with Crippen molar-refractivity contribution >= 4 is 18.0 Å². The van der Waals surface area contributed by atoms with Gasteiger partial charge in [0.2, 0.25) is 5.88 Å². The van der Waals surface area contributed by atoms with Gasteiger partial charge in [0, 0.05) is 6.54 Å². The SMILES string of the molecule is Cc1c(OCC2CN(C(=O)OC(C)(C)C)CCO2)nn(-c2ccccc2)c1NC(=O)Oc1ccccc1. The molecule has 1 fully saturated rings. The summed E-state index contributed by atoms with van der Waals surface area (Å²) in [5.41, 5.74) is 0.780. The van der Waals surface area contributed by atoms with Crippen LogP contribution in [0.15, 0.2) is 60.7 Å². The van der Waals surface area contributed by atoms with Gasteiger partial charge in [-0.1, -0.05) is 36.4 Å². The third kappa shape index (κ3) is 7.01. The van der Waals surface area contributed by atoms with Crippen LogP contribution in [0.2, 0.25) is 0 Å². The van der Waals surface area contributed by atoms with Crippen molar-refractivity contribution in [2.75, 3.05) is 31.6 Å². The van der Waals surface area contributed by atoms with Gasteiger partial charge in [-0.15, -0.1) is 5.10 Å². The molecule has 0 saturated carbocycles. The van der Waals surface area contributed by atoms with Crippen molar-refractivity contribution in [1.29, 1.82) is 0 Å². The van der Waals surface area contributed by atoms with E-state index in [2.05, 4.69) is 10.4 Å². The molecule has 10 nitrogen and oxygen atoms in total. The molecule has 1 aliphatic heterocycles. The number of benzene rings is 2. The third-order valence-electron chi connectivity index (χ3n) is 5.45. The number of rotatable bonds is 6. The molecular weight excluding hydrogens is 476 g/mol. The Hall–Kier alpha value is -4.05. The Morgan fingerprint density at radius 1 is 1.08 bits per heavy atom. The highest BCUT2D eigenvalue weighted by molar-refractivity contribution is 5.87. The second-order valence-electron chi connectivity index (χ2n) is 9.58. The molecule has 2 heterocycles. The van der Waals surface area contributed by atoms with Gasteiger partial charge in [0.15, 0.2) is 0 Å². The fourth-order valence-corrected chi connectivity index (χ4v) is 3.72. The number of para-hydroxylation sites is 2. The van der Waals surface area contributed by atoms with E-state index in [0.29, 0.717) is 42.7 Å². The van der Waals surface area contributed by atoms with Gasteiger partial charge in [0.25, 0.3) is 0 Å². The van der Waals surface area contributed by atoms with E-state index in [1.54, 1.807) is 40.8 Å². The summed E-state index contributed by atoms with van der Waals surface area (Å²) in [6.07, 6.45) is -1.39. The first-order valence-electron chi connectivity index (χ1n) is 12.1. The van der Waals surface area contributed by atoms with Crippen molar-refractivity contribution in [2.45, 2.75) is 39.4 Å². The highest BCUT2D eigenvalue weighted by Gasteiger charge is 2.29. The maximum absolute atomic E-state index is 12.6. The molecule has 2 aromatic carbocycles. The lowest BCUT2D eigenvalue weighted by molar-refractivity contribution is -0.0562. The summed E-state index contributed by atoms with van der Waals surface area (Å²) in [6, 6.07) is 18.2. The van der Waals surface area contributed by atoms with Crippen LogP contribution in [0, 0.1) is 6.92 Å². The Balaban J connectivity index is 1.47. The van der Waals surface area contributed by atoms with Gasteiger partial charge >= 0.3 is 12.2 Å². The molecule has 1 atom stereocenters. The standard InChI is InChI=1S/C27H32N4O6/c1-19-23(28-25(32)36-21-13-9-6-10-14-21)31(20-11-7-5-8-12-20)29-24(19)35-18-22-17-30(15-16-34-22)26(33)37-27(2,3)4/h5-14,22H,15-18H2,1-4H3,(H,28,32). The normalized spacial score (nSPS) is 15.7. The van der Waals surface area contributed by atoms with Crippen molar-refractivity contribution in [2.24, 2.45) is 0 Å². The topological polar surface area (TPSA) is 104 Å². The van der Waals surface area contributed by atoms with Crippen molar-refractivity contribution in [3.63, 3.8) is 0 Å². The van der Waals surface area contributed by atoms with Gasteiger partial charge in [0.1, 0.15) is 29.9 Å². The van der Waals surface area contributed by atoms with Crippen LogP contribution in [0.1, 0.15) is 26.3 Å². The quantitative estimate of drug-likeness (QED) is 0.510. The van der Waals surface area contributed by atoms with E-state index in [4.69, 9.17) is 18.9 Å². The first-order valence-corrected chi connectivity index (χ1v) is 12.1. The first kappa shape index (κ1) is 26.0. The largest absolute Gasteiger partial charge is 0.474 e. The zero-order valence-corrected chi connectivity index (χ0v) is 21.5. The maximum atomic E-state index is 12.6. The van der Waals surface area contributed by atoms with Gasteiger partial charge in [0.05, 0.1) is 24.4 Å². The lowest BCUT2D eigenvalue weighted by Crippen LogP contribution is -2.49. The summed E-state index contributed by atoms with van der Waals surface area (Å²) in [6.45, 7) is 8.63. The van der Waals surface area contributed by atoms with Crippen LogP contribution >= 0.6 is 0 Å². The van der Waals surface area contributed by atoms with Crippen molar-refractivity contribution in [3.05, 3.63) is 66.2 Å². The van der Waals surface area contributed by atoms with Crippen LogP contribution in [0.3, 0.4) is 0 Å². The van der Waals surface area contributed by atoms with Crippen molar-refractivity contribution in [3.8, 4) is 17.3 Å². The number of morpholine rings is 1. The molecule has 10 heteroatoms. The molecular formula is C27H32N4O6. The van der Waals surface area contributed by atoms with Gasteiger partial charge in [-0.2, -0.15) is 0 Å². The molecule has 0 bridgehead atoms. The molecule has 1 aromatic heterocycles. The first-order chi connectivity index (χ1) is 17.7. The summed E-state index contributed by atoms with van der Waals surface area (Å²) in [5, 5.41) is 7.38. The minimum Gasteiger partial charge on any atom is -0.474 e. The van der Waals surface area contributed by atoms with E-state index in [0.717, 1.165) is 5.69 Å². The number of aromatic nitrogens is 2. The van der Waals surface area contributed by atoms with E-state index in [1.807, 2.05) is 57.2 Å². The van der Waals surface area contributed by atoms with Crippen molar-refractivity contribution < 1.29 is 28.5 Å².